The molecule has 1 N–H and O–H groups in total. The summed E-state index contributed by atoms with van der Waals surface area (Å²) in [6.45, 7) is 2.15. The van der Waals surface area contributed by atoms with Crippen molar-refractivity contribution in [3.8, 4) is 0 Å². The second kappa shape index (κ2) is 8.81. The molecule has 0 unspecified atom stereocenters. The average Bonchev–Trinajstić information content (AvgIpc) is 3.14. The quantitative estimate of drug-likeness (QED) is 0.504. The molecule has 27 heavy (non-hydrogen) atoms. The number of aryl methyl sites for hydroxylation is 1. The Labute approximate surface area is 174 Å². The lowest BCUT2D eigenvalue weighted by Crippen LogP contribution is -2.29. The van der Waals surface area contributed by atoms with E-state index < -0.39 is 0 Å². The predicted octanol–water partition coefficient (Wildman–Crippen LogP) is 4.37. The Kier molecular flexibility index (Phi) is 6.46. The molecule has 0 saturated carbocycles. The smallest absolute Gasteiger partial charge is 0.266 e. The lowest BCUT2D eigenvalue weighted by Gasteiger charge is -2.13. The van der Waals surface area contributed by atoms with Crippen molar-refractivity contribution in [2.24, 2.45) is 0 Å². The van der Waals surface area contributed by atoms with Crippen LogP contribution in [0.5, 0.6) is 0 Å². The minimum atomic E-state index is -0.181. The first-order valence-electron chi connectivity index (χ1n) is 8.16. The fourth-order valence-electron chi connectivity index (χ4n) is 2.43. The normalized spacial score (nSPS) is 15.6. The highest BCUT2D eigenvalue weighted by Gasteiger charge is 2.31. The van der Waals surface area contributed by atoms with Gasteiger partial charge in [0.2, 0.25) is 5.91 Å². The largest absolute Gasteiger partial charge is 0.360 e. The van der Waals surface area contributed by atoms with Crippen LogP contribution in [0.4, 0.5) is 5.82 Å². The molecule has 0 aliphatic carbocycles. The summed E-state index contributed by atoms with van der Waals surface area (Å²) in [5.74, 6) is 0.709. The van der Waals surface area contributed by atoms with Gasteiger partial charge in [-0.2, -0.15) is 0 Å². The van der Waals surface area contributed by atoms with Gasteiger partial charge in [0.25, 0.3) is 5.91 Å². The van der Waals surface area contributed by atoms with Gasteiger partial charge < -0.3 is 9.84 Å². The van der Waals surface area contributed by atoms with Crippen LogP contribution in [-0.4, -0.2) is 32.7 Å². The molecule has 2 aromatic rings. The van der Waals surface area contributed by atoms with E-state index in [2.05, 4.69) is 26.4 Å². The number of nitrogens with one attached hydrogen (secondary N) is 1. The number of amides is 2. The molecule has 6 nitrogen and oxygen atoms in total. The topological polar surface area (TPSA) is 75.4 Å². The third-order valence-corrected chi connectivity index (χ3v) is 5.63. The number of thioether (sulfide) groups is 1. The highest BCUT2D eigenvalue weighted by molar-refractivity contribution is 9.10. The molecular formula is C18H16BrN3O3S2. The number of nitrogens with zero attached hydrogens (tertiary/aromatic N) is 2. The van der Waals surface area contributed by atoms with Crippen molar-refractivity contribution in [3.63, 3.8) is 0 Å². The molecule has 1 fully saturated rings. The minimum absolute atomic E-state index is 0.125. The van der Waals surface area contributed by atoms with Gasteiger partial charge in [0, 0.05) is 23.5 Å². The zero-order valence-electron chi connectivity index (χ0n) is 14.4. The molecule has 1 aliphatic heterocycles. The minimum Gasteiger partial charge on any atom is -0.360 e. The third kappa shape index (κ3) is 5.27. The van der Waals surface area contributed by atoms with Crippen molar-refractivity contribution in [2.45, 2.75) is 19.8 Å². The SMILES string of the molecule is Cc1cc(NC(=O)CCCN2C(=O)/C(=C/c3ccc(Br)cc3)SC2=S)no1. The van der Waals surface area contributed by atoms with Gasteiger partial charge in [0.15, 0.2) is 5.82 Å². The summed E-state index contributed by atoms with van der Waals surface area (Å²) in [5, 5.41) is 6.37. The van der Waals surface area contributed by atoms with Crippen LogP contribution in [0, 0.1) is 6.92 Å². The maximum Gasteiger partial charge on any atom is 0.266 e. The van der Waals surface area contributed by atoms with Crippen LogP contribution in [0.2, 0.25) is 0 Å². The van der Waals surface area contributed by atoms with Crippen LogP contribution in [0.3, 0.4) is 0 Å². The Morgan fingerprint density at radius 2 is 2.15 bits per heavy atom. The van der Waals surface area contributed by atoms with Crippen molar-refractivity contribution in [1.29, 1.82) is 0 Å². The molecule has 3 rings (SSSR count). The predicted molar refractivity (Wildman–Crippen MR) is 113 cm³/mol. The molecular weight excluding hydrogens is 450 g/mol. The first-order chi connectivity index (χ1) is 12.9. The Bertz CT molecular complexity index is 909. The summed E-state index contributed by atoms with van der Waals surface area (Å²) in [4.78, 5) is 26.6. The number of halogens is 1. The Morgan fingerprint density at radius 3 is 2.81 bits per heavy atom. The van der Waals surface area contributed by atoms with Crippen LogP contribution < -0.4 is 5.32 Å². The number of hydrogen-bond donors (Lipinski definition) is 1. The van der Waals surface area contributed by atoms with Gasteiger partial charge in [0.05, 0.1) is 4.91 Å². The number of benzene rings is 1. The van der Waals surface area contributed by atoms with E-state index in [1.54, 1.807) is 13.0 Å². The summed E-state index contributed by atoms with van der Waals surface area (Å²) >= 11 is 9.98. The highest BCUT2D eigenvalue weighted by Crippen LogP contribution is 2.32. The molecule has 2 heterocycles. The number of rotatable bonds is 6. The molecule has 1 saturated heterocycles. The first-order valence-corrected chi connectivity index (χ1v) is 10.2. The second-order valence-electron chi connectivity index (χ2n) is 5.86. The van der Waals surface area contributed by atoms with Gasteiger partial charge in [-0.05, 0) is 37.1 Å². The van der Waals surface area contributed by atoms with Crippen molar-refractivity contribution in [3.05, 3.63) is 51.0 Å². The van der Waals surface area contributed by atoms with E-state index in [0.29, 0.717) is 33.8 Å². The van der Waals surface area contributed by atoms with E-state index in [-0.39, 0.29) is 18.2 Å². The van der Waals surface area contributed by atoms with Gasteiger partial charge in [-0.1, -0.05) is 57.2 Å². The number of hydrogen-bond acceptors (Lipinski definition) is 6. The molecule has 0 bridgehead atoms. The lowest BCUT2D eigenvalue weighted by molar-refractivity contribution is -0.122. The van der Waals surface area contributed by atoms with E-state index in [9.17, 15) is 9.59 Å². The van der Waals surface area contributed by atoms with Gasteiger partial charge in [-0.15, -0.1) is 0 Å². The van der Waals surface area contributed by atoms with E-state index >= 15 is 0 Å². The summed E-state index contributed by atoms with van der Waals surface area (Å²) < 4.78 is 6.39. The molecule has 0 radical (unpaired) electrons. The van der Waals surface area contributed by atoms with Crippen molar-refractivity contribution < 1.29 is 14.1 Å². The van der Waals surface area contributed by atoms with Crippen LogP contribution in [-0.2, 0) is 9.59 Å². The zero-order chi connectivity index (χ0) is 19.4. The fraction of sp³-hybridized carbons (Fsp3) is 0.222. The molecule has 9 heteroatoms. The van der Waals surface area contributed by atoms with Gasteiger partial charge >= 0.3 is 0 Å². The number of carbonyl (C=O) groups is 2. The number of anilines is 1. The maximum absolute atomic E-state index is 12.6. The molecule has 1 aromatic heterocycles. The van der Waals surface area contributed by atoms with Crippen molar-refractivity contribution in [1.82, 2.24) is 10.1 Å². The first kappa shape index (κ1) is 19.8. The van der Waals surface area contributed by atoms with E-state index in [4.69, 9.17) is 16.7 Å². The maximum atomic E-state index is 12.6. The molecule has 0 atom stereocenters. The van der Waals surface area contributed by atoms with Crippen LogP contribution >= 0.6 is 39.9 Å². The monoisotopic (exact) mass is 465 g/mol. The van der Waals surface area contributed by atoms with Gasteiger partial charge in [-0.3, -0.25) is 14.5 Å². The Hall–Kier alpha value is -1.97. The Morgan fingerprint density at radius 1 is 1.41 bits per heavy atom. The fourth-order valence-corrected chi connectivity index (χ4v) is 4.00. The molecule has 1 aliphatic rings. The number of carbonyl (C=O) groups excluding carboxylic acids is 2. The molecule has 1 aromatic carbocycles. The van der Waals surface area contributed by atoms with E-state index in [0.717, 1.165) is 10.0 Å². The molecule has 0 spiro atoms. The zero-order valence-corrected chi connectivity index (χ0v) is 17.6. The standard InChI is InChI=1S/C18H16BrN3O3S2/c1-11-9-15(21-25-11)20-16(23)3-2-8-22-17(24)14(27-18(22)26)10-12-4-6-13(19)7-5-12/h4-7,9-10H,2-3,8H2,1H3,(H,20,21,23)/b14-10-. The van der Waals surface area contributed by atoms with Crippen LogP contribution in [0.1, 0.15) is 24.2 Å². The summed E-state index contributed by atoms with van der Waals surface area (Å²) in [6.07, 6.45) is 2.58. The number of aromatic nitrogens is 1. The van der Waals surface area contributed by atoms with E-state index in [1.807, 2.05) is 30.3 Å². The molecule has 2 amide bonds. The van der Waals surface area contributed by atoms with E-state index in [1.165, 1.54) is 16.7 Å². The van der Waals surface area contributed by atoms with Gasteiger partial charge in [-0.25, -0.2) is 0 Å². The second-order valence-corrected chi connectivity index (χ2v) is 8.45. The summed E-state index contributed by atoms with van der Waals surface area (Å²) in [5.41, 5.74) is 0.931. The lowest BCUT2D eigenvalue weighted by atomic mass is 10.2. The highest BCUT2D eigenvalue weighted by atomic mass is 79.9. The number of thiocarbonyl (C=S) groups is 1. The summed E-state index contributed by atoms with van der Waals surface area (Å²) in [7, 11) is 0. The van der Waals surface area contributed by atoms with Crippen LogP contribution in [0.25, 0.3) is 6.08 Å². The van der Waals surface area contributed by atoms with Crippen LogP contribution in [0.15, 0.2) is 44.2 Å². The van der Waals surface area contributed by atoms with Crippen molar-refractivity contribution >= 4 is 67.9 Å². The average molecular weight is 466 g/mol. The third-order valence-electron chi connectivity index (χ3n) is 3.72. The van der Waals surface area contributed by atoms with Gasteiger partial charge in [0.1, 0.15) is 10.1 Å². The summed E-state index contributed by atoms with van der Waals surface area (Å²) in [6, 6.07) is 9.33. The molecule has 140 valence electrons. The Balaban J connectivity index is 1.53. The van der Waals surface area contributed by atoms with Crippen molar-refractivity contribution in [2.75, 3.05) is 11.9 Å².